The van der Waals surface area contributed by atoms with Crippen LogP contribution in [0.3, 0.4) is 0 Å². The molecule has 0 radical (unpaired) electrons. The fourth-order valence-corrected chi connectivity index (χ4v) is 5.00. The van der Waals surface area contributed by atoms with E-state index in [1.807, 2.05) is 72.9 Å². The van der Waals surface area contributed by atoms with Crippen LogP contribution in [-0.2, 0) is 0 Å². The molecule has 2 aromatic heterocycles. The van der Waals surface area contributed by atoms with Crippen LogP contribution in [0.1, 0.15) is 23.5 Å². The summed E-state index contributed by atoms with van der Waals surface area (Å²) in [6.07, 6.45) is 3.85. The summed E-state index contributed by atoms with van der Waals surface area (Å²) in [6, 6.07) is 23.6. The zero-order chi connectivity index (χ0) is 23.1. The van der Waals surface area contributed by atoms with Gasteiger partial charge < -0.3 is 29.0 Å². The number of anilines is 1. The van der Waals surface area contributed by atoms with Crippen molar-refractivity contribution in [3.63, 3.8) is 0 Å². The number of ether oxygens (including phenoxy) is 3. The number of methoxy groups -OCH3 is 1. The first-order chi connectivity index (χ1) is 16.7. The molecule has 8 heteroatoms. The number of benzene rings is 2. The minimum absolute atomic E-state index is 0.164. The van der Waals surface area contributed by atoms with Gasteiger partial charge in [0.15, 0.2) is 16.6 Å². The molecular weight excluding hydrogens is 448 g/mol. The summed E-state index contributed by atoms with van der Waals surface area (Å²) in [6.45, 7) is 0.220. The molecule has 1 saturated heterocycles. The lowest BCUT2D eigenvalue weighted by Gasteiger charge is -2.29. The van der Waals surface area contributed by atoms with Crippen molar-refractivity contribution in [1.82, 2.24) is 14.9 Å². The highest BCUT2D eigenvalue weighted by atomic mass is 32.1. The number of hydrogen-bond acceptors (Lipinski definition) is 5. The van der Waals surface area contributed by atoms with Crippen LogP contribution in [0.2, 0.25) is 0 Å². The number of hydrogen-bond donors (Lipinski definition) is 1. The molecule has 0 spiro atoms. The molecule has 0 aliphatic carbocycles. The van der Waals surface area contributed by atoms with E-state index in [0.29, 0.717) is 10.9 Å². The first kappa shape index (κ1) is 20.6. The molecule has 1 N–H and O–H groups in total. The van der Waals surface area contributed by atoms with Gasteiger partial charge in [0.25, 0.3) is 0 Å². The Morgan fingerprint density at radius 3 is 2.71 bits per heavy atom. The van der Waals surface area contributed by atoms with Gasteiger partial charge in [0.05, 0.1) is 24.5 Å². The first-order valence-electron chi connectivity index (χ1n) is 11.0. The number of pyridine rings is 1. The Kier molecular flexibility index (Phi) is 5.07. The van der Waals surface area contributed by atoms with Crippen molar-refractivity contribution in [3.8, 4) is 22.9 Å². The second kappa shape index (κ2) is 8.39. The van der Waals surface area contributed by atoms with Crippen molar-refractivity contribution in [2.24, 2.45) is 0 Å². The standard InChI is InChI=1S/C26H22N4O3S/c1-31-21-10-3-2-8-19(21)29-14-6-9-20(29)25-24(18-7-4-5-13-27-18)28-26(34)30(25)17-11-12-22-23(15-17)33-16-32-22/h2-15,24-25H,16H2,1H3,(H,28,34). The van der Waals surface area contributed by atoms with Crippen LogP contribution in [0.25, 0.3) is 5.69 Å². The second-order valence-electron chi connectivity index (χ2n) is 8.01. The zero-order valence-electron chi connectivity index (χ0n) is 18.4. The maximum atomic E-state index is 5.87. The van der Waals surface area contributed by atoms with Crippen LogP contribution in [0, 0.1) is 0 Å². The molecule has 4 aromatic rings. The third-order valence-electron chi connectivity index (χ3n) is 6.16. The Bertz CT molecular complexity index is 1360. The van der Waals surface area contributed by atoms with Crippen LogP contribution >= 0.6 is 12.2 Å². The second-order valence-corrected chi connectivity index (χ2v) is 8.40. The van der Waals surface area contributed by atoms with E-state index in [1.165, 1.54) is 0 Å². The fourth-order valence-electron chi connectivity index (χ4n) is 4.65. The van der Waals surface area contributed by atoms with E-state index in [0.717, 1.165) is 34.3 Å². The third-order valence-corrected chi connectivity index (χ3v) is 6.48. The maximum absolute atomic E-state index is 5.87. The molecule has 1 fully saturated rings. The largest absolute Gasteiger partial charge is 0.495 e. The molecule has 0 amide bonds. The summed E-state index contributed by atoms with van der Waals surface area (Å²) in [5.74, 6) is 2.23. The lowest BCUT2D eigenvalue weighted by atomic mass is 10.0. The fraction of sp³-hybridized carbons (Fsp3) is 0.154. The van der Waals surface area contributed by atoms with E-state index in [4.69, 9.17) is 26.4 Å². The number of nitrogens with zero attached hydrogens (tertiary/aromatic N) is 3. The molecule has 2 aliphatic heterocycles. The normalized spacial score (nSPS) is 18.7. The Morgan fingerprint density at radius 1 is 1.00 bits per heavy atom. The van der Waals surface area contributed by atoms with Gasteiger partial charge in [-0.3, -0.25) is 4.98 Å². The van der Waals surface area contributed by atoms with E-state index in [1.54, 1.807) is 13.3 Å². The van der Waals surface area contributed by atoms with Gasteiger partial charge in [0.1, 0.15) is 11.8 Å². The van der Waals surface area contributed by atoms with Crippen LogP contribution < -0.4 is 24.4 Å². The van der Waals surface area contributed by atoms with E-state index in [9.17, 15) is 0 Å². The number of aromatic nitrogens is 2. The van der Waals surface area contributed by atoms with Crippen LogP contribution in [-0.4, -0.2) is 28.6 Å². The van der Waals surface area contributed by atoms with Crippen molar-refractivity contribution in [3.05, 3.63) is 96.6 Å². The summed E-state index contributed by atoms with van der Waals surface area (Å²) in [4.78, 5) is 6.77. The molecule has 2 atom stereocenters. The predicted molar refractivity (Wildman–Crippen MR) is 133 cm³/mol. The van der Waals surface area contributed by atoms with Crippen molar-refractivity contribution < 1.29 is 14.2 Å². The van der Waals surface area contributed by atoms with Gasteiger partial charge in [-0.1, -0.05) is 18.2 Å². The summed E-state index contributed by atoms with van der Waals surface area (Å²) < 4.78 is 19.0. The predicted octanol–water partition coefficient (Wildman–Crippen LogP) is 4.79. The molecule has 7 nitrogen and oxygen atoms in total. The summed E-state index contributed by atoms with van der Waals surface area (Å²) in [5, 5.41) is 4.13. The summed E-state index contributed by atoms with van der Waals surface area (Å²) in [7, 11) is 1.68. The highest BCUT2D eigenvalue weighted by Crippen LogP contribution is 2.45. The number of rotatable bonds is 5. The highest BCUT2D eigenvalue weighted by molar-refractivity contribution is 7.80. The molecule has 170 valence electrons. The first-order valence-corrected chi connectivity index (χ1v) is 11.4. The number of para-hydroxylation sites is 2. The minimum Gasteiger partial charge on any atom is -0.495 e. The van der Waals surface area contributed by atoms with Gasteiger partial charge in [-0.25, -0.2) is 0 Å². The Labute approximate surface area is 202 Å². The lowest BCUT2D eigenvalue weighted by Crippen LogP contribution is -2.30. The molecule has 2 unspecified atom stereocenters. The zero-order valence-corrected chi connectivity index (χ0v) is 19.2. The van der Waals surface area contributed by atoms with Gasteiger partial charge in [-0.2, -0.15) is 0 Å². The monoisotopic (exact) mass is 470 g/mol. The Morgan fingerprint density at radius 2 is 1.85 bits per heavy atom. The van der Waals surface area contributed by atoms with Gasteiger partial charge in [-0.15, -0.1) is 0 Å². The topological polar surface area (TPSA) is 60.8 Å². The van der Waals surface area contributed by atoms with E-state index in [2.05, 4.69) is 25.8 Å². The smallest absolute Gasteiger partial charge is 0.231 e. The molecule has 0 saturated carbocycles. The van der Waals surface area contributed by atoms with Gasteiger partial charge in [0.2, 0.25) is 6.79 Å². The third kappa shape index (κ3) is 3.34. The average Bonchev–Trinajstić information content (AvgIpc) is 3.62. The lowest BCUT2D eigenvalue weighted by molar-refractivity contribution is 0.174. The molecule has 0 bridgehead atoms. The van der Waals surface area contributed by atoms with Crippen LogP contribution in [0.5, 0.6) is 17.2 Å². The minimum atomic E-state index is -0.178. The van der Waals surface area contributed by atoms with Crippen molar-refractivity contribution in [2.75, 3.05) is 18.8 Å². The van der Waals surface area contributed by atoms with E-state index < -0.39 is 0 Å². The molecular formula is C26H22N4O3S. The number of thiocarbonyl (C=S) groups is 1. The quantitative estimate of drug-likeness (QED) is 0.421. The van der Waals surface area contributed by atoms with Gasteiger partial charge in [0, 0.05) is 29.8 Å². The molecule has 4 heterocycles. The van der Waals surface area contributed by atoms with Gasteiger partial charge >= 0.3 is 0 Å². The molecule has 2 aliphatic rings. The average molecular weight is 471 g/mol. The maximum Gasteiger partial charge on any atom is 0.231 e. The van der Waals surface area contributed by atoms with Crippen molar-refractivity contribution >= 4 is 23.0 Å². The molecule has 6 rings (SSSR count). The van der Waals surface area contributed by atoms with Crippen LogP contribution in [0.15, 0.2) is 85.2 Å². The number of nitrogens with one attached hydrogen (secondary N) is 1. The van der Waals surface area contributed by atoms with E-state index >= 15 is 0 Å². The number of fused-ring (bicyclic) bond motifs is 1. The van der Waals surface area contributed by atoms with Gasteiger partial charge in [-0.05, 0) is 60.7 Å². The highest BCUT2D eigenvalue weighted by Gasteiger charge is 2.42. The van der Waals surface area contributed by atoms with E-state index in [-0.39, 0.29) is 18.9 Å². The Hall–Kier alpha value is -4.04. The molecule has 2 aromatic carbocycles. The van der Waals surface area contributed by atoms with Crippen LogP contribution in [0.4, 0.5) is 5.69 Å². The Balaban J connectivity index is 1.52. The van der Waals surface area contributed by atoms with Crippen molar-refractivity contribution in [2.45, 2.75) is 12.1 Å². The SMILES string of the molecule is COc1ccccc1-n1cccc1C1C(c2ccccn2)NC(=S)N1c1ccc2c(c1)OCO2. The summed E-state index contributed by atoms with van der Waals surface area (Å²) in [5.41, 5.74) is 3.82. The molecule has 34 heavy (non-hydrogen) atoms. The van der Waals surface area contributed by atoms with Crippen molar-refractivity contribution in [1.29, 1.82) is 0 Å². The summed E-state index contributed by atoms with van der Waals surface area (Å²) >= 11 is 5.87.